The summed E-state index contributed by atoms with van der Waals surface area (Å²) in [5.74, 6) is -0.124. The second-order valence-corrected chi connectivity index (χ2v) is 5.67. The molecule has 2 aliphatic heterocycles. The zero-order valence-corrected chi connectivity index (χ0v) is 11.0. The highest BCUT2D eigenvalue weighted by Crippen LogP contribution is 2.21. The van der Waals surface area contributed by atoms with Gasteiger partial charge in [-0.1, -0.05) is 0 Å². The number of amides is 2. The normalized spacial score (nSPS) is 30.6. The van der Waals surface area contributed by atoms with Gasteiger partial charge in [0.05, 0.1) is 12.1 Å². The molecule has 0 aromatic heterocycles. The van der Waals surface area contributed by atoms with Gasteiger partial charge >= 0.3 is 0 Å². The van der Waals surface area contributed by atoms with Crippen molar-refractivity contribution < 1.29 is 14.7 Å². The number of carbonyl (C=O) groups excluding carboxylic acids is 2. The van der Waals surface area contributed by atoms with E-state index >= 15 is 0 Å². The number of nitrogens with zero attached hydrogens (tertiary/aromatic N) is 2. The molecule has 0 aromatic rings. The number of rotatable bonds is 2. The summed E-state index contributed by atoms with van der Waals surface area (Å²) < 4.78 is 0. The van der Waals surface area contributed by atoms with Crippen molar-refractivity contribution in [3.8, 4) is 0 Å². The summed E-state index contributed by atoms with van der Waals surface area (Å²) in [6, 6.07) is 0. The summed E-state index contributed by atoms with van der Waals surface area (Å²) in [4.78, 5) is 26.9. The highest BCUT2D eigenvalue weighted by Gasteiger charge is 2.30. The summed E-state index contributed by atoms with van der Waals surface area (Å²) >= 11 is 0. The number of hydrogen-bond donors (Lipinski definition) is 1. The average Bonchev–Trinajstić information content (AvgIpc) is 2.64. The number of hydrogen-bond acceptors (Lipinski definition) is 4. The van der Waals surface area contributed by atoms with Crippen LogP contribution in [0.5, 0.6) is 0 Å². The Balaban J connectivity index is 1.85. The van der Waals surface area contributed by atoms with Gasteiger partial charge in [-0.3, -0.25) is 19.4 Å². The fourth-order valence-electron chi connectivity index (χ4n) is 2.67. The van der Waals surface area contributed by atoms with Gasteiger partial charge in [-0.05, 0) is 39.2 Å². The summed E-state index contributed by atoms with van der Waals surface area (Å²) in [6.07, 6.45) is 3.66. The topological polar surface area (TPSA) is 60.9 Å². The van der Waals surface area contributed by atoms with Crippen LogP contribution in [0, 0.1) is 0 Å². The van der Waals surface area contributed by atoms with Gasteiger partial charge in [0, 0.05) is 19.5 Å². The van der Waals surface area contributed by atoms with Gasteiger partial charge in [-0.15, -0.1) is 0 Å². The molecule has 1 unspecified atom stereocenters. The SMILES string of the molecule is CC1(O)CCCN(CC(=O)N2CCCC2=O)CC1. The predicted molar refractivity (Wildman–Crippen MR) is 66.9 cm³/mol. The summed E-state index contributed by atoms with van der Waals surface area (Å²) in [6.45, 7) is 4.28. The molecule has 0 spiro atoms. The largest absolute Gasteiger partial charge is 0.390 e. The molecule has 0 saturated carbocycles. The Labute approximate surface area is 108 Å². The van der Waals surface area contributed by atoms with Crippen LogP contribution in [0.25, 0.3) is 0 Å². The number of aliphatic hydroxyl groups is 1. The van der Waals surface area contributed by atoms with Crippen molar-refractivity contribution in [2.45, 2.75) is 44.6 Å². The van der Waals surface area contributed by atoms with E-state index in [0.29, 0.717) is 25.9 Å². The molecule has 1 N–H and O–H groups in total. The quantitative estimate of drug-likeness (QED) is 0.773. The molecule has 102 valence electrons. The van der Waals surface area contributed by atoms with E-state index in [0.717, 1.165) is 32.4 Å². The maximum atomic E-state index is 12.0. The Kier molecular flexibility index (Phi) is 4.02. The van der Waals surface area contributed by atoms with E-state index in [-0.39, 0.29) is 11.8 Å². The monoisotopic (exact) mass is 254 g/mol. The molecule has 5 heteroatoms. The molecule has 2 saturated heterocycles. The molecule has 5 nitrogen and oxygen atoms in total. The Hall–Kier alpha value is -0.940. The number of imide groups is 1. The first-order valence-electron chi connectivity index (χ1n) is 6.76. The number of carbonyl (C=O) groups is 2. The summed E-state index contributed by atoms with van der Waals surface area (Å²) in [7, 11) is 0. The van der Waals surface area contributed by atoms with E-state index in [1.54, 1.807) is 0 Å². The third-order valence-corrected chi connectivity index (χ3v) is 3.89. The van der Waals surface area contributed by atoms with Crippen LogP contribution in [0.4, 0.5) is 0 Å². The van der Waals surface area contributed by atoms with E-state index < -0.39 is 5.60 Å². The third kappa shape index (κ3) is 3.29. The zero-order valence-electron chi connectivity index (χ0n) is 11.0. The number of likely N-dealkylation sites (tertiary alicyclic amines) is 2. The molecule has 2 aliphatic rings. The molecule has 0 radical (unpaired) electrons. The van der Waals surface area contributed by atoms with E-state index in [1.807, 2.05) is 6.92 Å². The lowest BCUT2D eigenvalue weighted by atomic mass is 9.98. The highest BCUT2D eigenvalue weighted by molar-refractivity contribution is 5.97. The molecule has 1 atom stereocenters. The standard InChI is InChI=1S/C13H22N2O3/c1-13(18)5-3-7-14(9-6-13)10-12(17)15-8-2-4-11(15)16/h18H,2-10H2,1H3. The van der Waals surface area contributed by atoms with Crippen molar-refractivity contribution in [2.24, 2.45) is 0 Å². The molecule has 18 heavy (non-hydrogen) atoms. The van der Waals surface area contributed by atoms with Crippen molar-refractivity contribution >= 4 is 11.8 Å². The Morgan fingerprint density at radius 2 is 2.06 bits per heavy atom. The van der Waals surface area contributed by atoms with E-state index in [9.17, 15) is 14.7 Å². The zero-order chi connectivity index (χ0) is 13.2. The minimum absolute atomic E-state index is 0.0400. The Bertz CT molecular complexity index is 341. The fourth-order valence-corrected chi connectivity index (χ4v) is 2.67. The molecular weight excluding hydrogens is 232 g/mol. The van der Waals surface area contributed by atoms with Gasteiger partial charge in [0.25, 0.3) is 0 Å². The van der Waals surface area contributed by atoms with Crippen LogP contribution in [0.3, 0.4) is 0 Å². The van der Waals surface area contributed by atoms with Crippen molar-refractivity contribution in [2.75, 3.05) is 26.2 Å². The van der Waals surface area contributed by atoms with Gasteiger partial charge < -0.3 is 5.11 Å². The first kappa shape index (κ1) is 13.5. The molecule has 2 heterocycles. The lowest BCUT2D eigenvalue weighted by molar-refractivity contribution is -0.142. The van der Waals surface area contributed by atoms with Crippen LogP contribution in [0.1, 0.15) is 39.0 Å². The van der Waals surface area contributed by atoms with Crippen LogP contribution in [0.2, 0.25) is 0 Å². The molecule has 0 aliphatic carbocycles. The van der Waals surface area contributed by atoms with Crippen LogP contribution in [-0.4, -0.2) is 58.5 Å². The van der Waals surface area contributed by atoms with E-state index in [2.05, 4.69) is 4.90 Å². The van der Waals surface area contributed by atoms with Gasteiger partial charge in [0.15, 0.2) is 0 Å². The second-order valence-electron chi connectivity index (χ2n) is 5.67. The first-order valence-corrected chi connectivity index (χ1v) is 6.76. The minimum atomic E-state index is -0.610. The van der Waals surface area contributed by atoms with Crippen LogP contribution in [0.15, 0.2) is 0 Å². The summed E-state index contributed by atoms with van der Waals surface area (Å²) in [5.41, 5.74) is -0.610. The molecular formula is C13H22N2O3. The average molecular weight is 254 g/mol. The summed E-state index contributed by atoms with van der Waals surface area (Å²) in [5, 5.41) is 9.98. The predicted octanol–water partition coefficient (Wildman–Crippen LogP) is 0.372. The molecule has 0 bridgehead atoms. The van der Waals surface area contributed by atoms with Gasteiger partial charge in [-0.2, -0.15) is 0 Å². The molecule has 2 rings (SSSR count). The van der Waals surface area contributed by atoms with Crippen molar-refractivity contribution in [3.05, 3.63) is 0 Å². The minimum Gasteiger partial charge on any atom is -0.390 e. The van der Waals surface area contributed by atoms with Crippen molar-refractivity contribution in [3.63, 3.8) is 0 Å². The maximum Gasteiger partial charge on any atom is 0.243 e. The molecule has 2 amide bonds. The van der Waals surface area contributed by atoms with Gasteiger partial charge in [0.2, 0.25) is 11.8 Å². The second kappa shape index (κ2) is 5.36. The molecule has 0 aromatic carbocycles. The Morgan fingerprint density at radius 1 is 1.28 bits per heavy atom. The van der Waals surface area contributed by atoms with Crippen LogP contribution < -0.4 is 0 Å². The molecule has 2 fully saturated rings. The lowest BCUT2D eigenvalue weighted by Gasteiger charge is -2.23. The third-order valence-electron chi connectivity index (χ3n) is 3.89. The van der Waals surface area contributed by atoms with Gasteiger partial charge in [0.1, 0.15) is 0 Å². The van der Waals surface area contributed by atoms with Crippen molar-refractivity contribution in [1.29, 1.82) is 0 Å². The van der Waals surface area contributed by atoms with E-state index in [4.69, 9.17) is 0 Å². The smallest absolute Gasteiger partial charge is 0.243 e. The maximum absolute atomic E-state index is 12.0. The first-order chi connectivity index (χ1) is 8.48. The van der Waals surface area contributed by atoms with Crippen molar-refractivity contribution in [1.82, 2.24) is 9.80 Å². The van der Waals surface area contributed by atoms with Gasteiger partial charge in [-0.25, -0.2) is 0 Å². The fraction of sp³-hybridized carbons (Fsp3) is 0.846. The highest BCUT2D eigenvalue weighted by atomic mass is 16.3. The Morgan fingerprint density at radius 3 is 2.72 bits per heavy atom. The lowest BCUT2D eigenvalue weighted by Crippen LogP contribution is -2.41. The van der Waals surface area contributed by atoms with Crippen LogP contribution in [-0.2, 0) is 9.59 Å². The van der Waals surface area contributed by atoms with E-state index in [1.165, 1.54) is 4.90 Å². The van der Waals surface area contributed by atoms with Crippen LogP contribution >= 0.6 is 0 Å².